The molecule has 4 aromatic rings. The molecule has 14 heteroatoms. The molecular formula is C46H51F8IO4S. The Labute approximate surface area is 361 Å². The standard InChI is InChI=1S/C22H24F4.C21H24FI.C3H3F3O4S/c1-15-2-4-16(5-3-15)6-7-17-8-10-18(11-9-17)19-12-13-20(21(23)14-19)22(24,25)26;1-15-2-4-16(5-3-15)6-7-17-8-10-18(11-9-17)19-12-13-21(23)20(22)14-19;1-10-2(7)3(4,5)11(6,8)9/h8-16H,2-7H2,1H3;8-16H,2-7H2,1H3;1H3. The molecule has 2 aliphatic rings. The van der Waals surface area contributed by atoms with E-state index in [-0.39, 0.29) is 5.82 Å². The molecule has 0 atom stereocenters. The third kappa shape index (κ3) is 14.5. The van der Waals surface area contributed by atoms with Crippen molar-refractivity contribution in [2.45, 2.75) is 102 Å². The van der Waals surface area contributed by atoms with E-state index in [0.29, 0.717) is 16.2 Å². The maximum absolute atomic E-state index is 13.7. The fraction of sp³-hybridized carbons (Fsp3) is 0.457. The summed E-state index contributed by atoms with van der Waals surface area (Å²) in [7, 11) is -5.71. The van der Waals surface area contributed by atoms with Crippen molar-refractivity contribution in [2.24, 2.45) is 23.7 Å². The van der Waals surface area contributed by atoms with E-state index in [9.17, 15) is 47.8 Å². The lowest BCUT2D eigenvalue weighted by Gasteiger charge is -2.26. The number of halogens is 9. The summed E-state index contributed by atoms with van der Waals surface area (Å²) < 4.78 is 124. The van der Waals surface area contributed by atoms with E-state index in [1.165, 1.54) is 87.8 Å². The second kappa shape index (κ2) is 22.0. The monoisotopic (exact) mass is 978 g/mol. The normalized spacial score (nSPS) is 19.6. The Balaban J connectivity index is 0.000000215. The van der Waals surface area contributed by atoms with Gasteiger partial charge in [0, 0.05) is 3.57 Å². The molecule has 4 aromatic carbocycles. The highest BCUT2D eigenvalue weighted by Gasteiger charge is 2.55. The minimum absolute atomic E-state index is 0.140. The summed E-state index contributed by atoms with van der Waals surface area (Å²) in [6, 6.07) is 24.9. The average Bonchev–Trinajstić information content (AvgIpc) is 3.21. The summed E-state index contributed by atoms with van der Waals surface area (Å²) in [5.41, 5.74) is 4.64. The molecule has 0 aliphatic heterocycles. The van der Waals surface area contributed by atoms with Crippen LogP contribution in [0.25, 0.3) is 22.3 Å². The molecule has 4 nitrogen and oxygen atoms in total. The van der Waals surface area contributed by atoms with Crippen LogP contribution in [0.1, 0.15) is 94.7 Å². The van der Waals surface area contributed by atoms with Gasteiger partial charge in [-0.1, -0.05) is 130 Å². The van der Waals surface area contributed by atoms with Crippen molar-refractivity contribution >= 4 is 38.8 Å². The predicted octanol–water partition coefficient (Wildman–Crippen LogP) is 14.2. The molecular weight excluding hydrogens is 927 g/mol. The van der Waals surface area contributed by atoms with Crippen molar-refractivity contribution in [3.05, 3.63) is 117 Å². The number of ether oxygens (including phenoxy) is 1. The lowest BCUT2D eigenvalue weighted by atomic mass is 9.80. The van der Waals surface area contributed by atoms with Crippen LogP contribution >= 0.6 is 22.6 Å². The van der Waals surface area contributed by atoms with Gasteiger partial charge < -0.3 is 4.74 Å². The molecule has 0 spiro atoms. The molecule has 2 aliphatic carbocycles. The van der Waals surface area contributed by atoms with E-state index < -0.39 is 39.0 Å². The average molecular weight is 979 g/mol. The number of carbonyl (C=O) groups is 1. The number of benzene rings is 4. The Morgan fingerprint density at radius 2 is 1.02 bits per heavy atom. The lowest BCUT2D eigenvalue weighted by molar-refractivity contribution is -0.157. The Kier molecular flexibility index (Phi) is 18.0. The van der Waals surface area contributed by atoms with Crippen LogP contribution in [0.2, 0.25) is 0 Å². The number of carbonyl (C=O) groups excluding carboxylic acids is 1. The third-order valence-corrected chi connectivity index (χ3v) is 13.1. The zero-order valence-electron chi connectivity index (χ0n) is 33.8. The van der Waals surface area contributed by atoms with E-state index in [0.717, 1.165) is 58.9 Å². The lowest BCUT2D eigenvalue weighted by Crippen LogP contribution is -2.36. The minimum Gasteiger partial charge on any atom is -0.464 e. The van der Waals surface area contributed by atoms with Crippen molar-refractivity contribution in [1.82, 2.24) is 0 Å². The molecule has 2 saturated carbocycles. The van der Waals surface area contributed by atoms with Gasteiger partial charge in [-0.05, 0) is 130 Å². The van der Waals surface area contributed by atoms with Crippen LogP contribution in [0.15, 0.2) is 84.9 Å². The predicted molar refractivity (Wildman–Crippen MR) is 227 cm³/mol. The van der Waals surface area contributed by atoms with Crippen molar-refractivity contribution < 1.29 is 52.6 Å². The van der Waals surface area contributed by atoms with E-state index in [1.807, 2.05) is 59.0 Å². The Hall–Kier alpha value is -3.53. The SMILES string of the molecule is CC1CCC(CCc2ccc(-c3ccc(C(F)(F)F)c(F)c3)cc2)CC1.CC1CCC(CCc2ccc(-c3ccc(I)c(F)c3)cc2)CC1.COC(=O)C(F)(F)S(=O)(=O)F. The van der Waals surface area contributed by atoms with Gasteiger partial charge >= 0.3 is 27.6 Å². The molecule has 0 heterocycles. The fourth-order valence-corrected chi connectivity index (χ4v) is 8.14. The number of alkyl halides is 5. The second-order valence-corrected chi connectivity index (χ2v) is 18.5. The van der Waals surface area contributed by atoms with Crippen LogP contribution in [0.5, 0.6) is 0 Å². The molecule has 60 heavy (non-hydrogen) atoms. The van der Waals surface area contributed by atoms with E-state index >= 15 is 0 Å². The highest BCUT2D eigenvalue weighted by Crippen LogP contribution is 2.35. The summed E-state index contributed by atoms with van der Waals surface area (Å²) in [6.07, 6.45) is 10.9. The van der Waals surface area contributed by atoms with Crippen LogP contribution in [-0.4, -0.2) is 26.8 Å². The number of hydrogen-bond acceptors (Lipinski definition) is 4. The van der Waals surface area contributed by atoms with Crippen molar-refractivity contribution in [2.75, 3.05) is 7.11 Å². The Bertz CT molecular complexity index is 2090. The van der Waals surface area contributed by atoms with Crippen molar-refractivity contribution in [3.8, 4) is 22.3 Å². The topological polar surface area (TPSA) is 60.4 Å². The van der Waals surface area contributed by atoms with Gasteiger partial charge in [0.25, 0.3) is 0 Å². The molecule has 0 N–H and O–H groups in total. The molecule has 2 fully saturated rings. The number of hydrogen-bond donors (Lipinski definition) is 0. The minimum atomic E-state index is -6.22. The van der Waals surface area contributed by atoms with Crippen LogP contribution < -0.4 is 0 Å². The smallest absolute Gasteiger partial charge is 0.464 e. The van der Waals surface area contributed by atoms with Gasteiger partial charge in [0.05, 0.1) is 12.7 Å². The Morgan fingerprint density at radius 3 is 1.35 bits per heavy atom. The van der Waals surface area contributed by atoms with E-state index in [1.54, 1.807) is 6.07 Å². The second-order valence-electron chi connectivity index (χ2n) is 16.0. The van der Waals surface area contributed by atoms with Crippen molar-refractivity contribution in [1.29, 1.82) is 0 Å². The van der Waals surface area contributed by atoms with E-state index in [4.69, 9.17) is 0 Å². The van der Waals surface area contributed by atoms with Gasteiger partial charge in [-0.2, -0.15) is 30.4 Å². The fourth-order valence-electron chi connectivity index (χ4n) is 7.52. The summed E-state index contributed by atoms with van der Waals surface area (Å²) in [4.78, 5) is 9.89. The molecule has 0 radical (unpaired) electrons. The molecule has 6 rings (SSSR count). The first kappa shape index (κ1) is 49.1. The molecule has 328 valence electrons. The summed E-state index contributed by atoms with van der Waals surface area (Å²) in [6.45, 7) is 4.70. The number of rotatable bonds is 10. The Morgan fingerprint density at radius 1 is 0.633 bits per heavy atom. The molecule has 0 bridgehead atoms. The first-order valence-electron chi connectivity index (χ1n) is 20.1. The quantitative estimate of drug-likeness (QED) is 0.0687. The summed E-state index contributed by atoms with van der Waals surface area (Å²) in [5, 5.41) is -5.11. The first-order valence-corrected chi connectivity index (χ1v) is 22.5. The summed E-state index contributed by atoms with van der Waals surface area (Å²) >= 11 is 2.02. The van der Waals surface area contributed by atoms with Gasteiger partial charge in [0.2, 0.25) is 0 Å². The van der Waals surface area contributed by atoms with Crippen molar-refractivity contribution in [3.63, 3.8) is 0 Å². The maximum atomic E-state index is 13.7. The zero-order chi connectivity index (χ0) is 44.3. The number of esters is 1. The number of aryl methyl sites for hydroxylation is 2. The molecule has 0 amide bonds. The van der Waals surface area contributed by atoms with Crippen LogP contribution in [0.4, 0.5) is 34.6 Å². The highest BCUT2D eigenvalue weighted by molar-refractivity contribution is 14.1. The maximum Gasteiger partial charge on any atom is 0.470 e. The van der Waals surface area contributed by atoms with Gasteiger partial charge in [-0.15, -0.1) is 0 Å². The zero-order valence-corrected chi connectivity index (χ0v) is 36.8. The van der Waals surface area contributed by atoms with Gasteiger partial charge in [0.1, 0.15) is 11.6 Å². The molecule has 0 unspecified atom stereocenters. The largest absolute Gasteiger partial charge is 0.470 e. The van der Waals surface area contributed by atoms with Crippen LogP contribution in [0, 0.1) is 38.9 Å². The van der Waals surface area contributed by atoms with E-state index in [2.05, 4.69) is 42.8 Å². The van der Waals surface area contributed by atoms with Crippen LogP contribution in [0.3, 0.4) is 0 Å². The van der Waals surface area contributed by atoms with Gasteiger partial charge in [0.15, 0.2) is 0 Å². The van der Waals surface area contributed by atoms with Gasteiger partial charge in [-0.3, -0.25) is 0 Å². The molecule has 0 aromatic heterocycles. The van der Waals surface area contributed by atoms with Crippen LogP contribution in [-0.2, 0) is 38.8 Å². The third-order valence-electron chi connectivity index (χ3n) is 11.5. The summed E-state index contributed by atoms with van der Waals surface area (Å²) in [5.74, 6) is -0.315. The number of methoxy groups -OCH3 is 1. The highest BCUT2D eigenvalue weighted by atomic mass is 127. The first-order chi connectivity index (χ1) is 28.2. The van der Waals surface area contributed by atoms with Gasteiger partial charge in [-0.25, -0.2) is 13.6 Å². The molecule has 0 saturated heterocycles.